The van der Waals surface area contributed by atoms with Crippen LogP contribution in [0, 0.1) is 0 Å². The van der Waals surface area contributed by atoms with Crippen molar-refractivity contribution in [3.8, 4) is 0 Å². The third kappa shape index (κ3) is 4.07. The summed E-state index contributed by atoms with van der Waals surface area (Å²) in [6.45, 7) is 1.25. The SMILES string of the molecule is Nc1ccc(S(=O)(=O)NCCCCn2ccnc2)cc1. The number of hydrogen-bond acceptors (Lipinski definition) is 4. The van der Waals surface area contributed by atoms with E-state index in [0.29, 0.717) is 12.2 Å². The maximum absolute atomic E-state index is 12.0. The van der Waals surface area contributed by atoms with E-state index in [1.165, 1.54) is 12.1 Å². The van der Waals surface area contributed by atoms with Crippen LogP contribution in [-0.4, -0.2) is 24.5 Å². The van der Waals surface area contributed by atoms with Crippen LogP contribution in [-0.2, 0) is 16.6 Å². The maximum atomic E-state index is 12.0. The molecule has 0 amide bonds. The number of imidazole rings is 1. The highest BCUT2D eigenvalue weighted by atomic mass is 32.2. The summed E-state index contributed by atoms with van der Waals surface area (Å²) < 4.78 is 28.5. The van der Waals surface area contributed by atoms with Gasteiger partial charge in [0.25, 0.3) is 0 Å². The topological polar surface area (TPSA) is 90.0 Å². The van der Waals surface area contributed by atoms with Crippen molar-refractivity contribution in [2.75, 3.05) is 12.3 Å². The van der Waals surface area contributed by atoms with Crippen molar-refractivity contribution in [3.05, 3.63) is 43.0 Å². The van der Waals surface area contributed by atoms with Gasteiger partial charge in [-0.1, -0.05) is 0 Å². The molecule has 0 atom stereocenters. The Morgan fingerprint density at radius 3 is 2.60 bits per heavy atom. The van der Waals surface area contributed by atoms with Crippen LogP contribution in [0.5, 0.6) is 0 Å². The lowest BCUT2D eigenvalue weighted by atomic mass is 10.3. The van der Waals surface area contributed by atoms with Crippen LogP contribution < -0.4 is 10.5 Å². The van der Waals surface area contributed by atoms with E-state index in [-0.39, 0.29) is 4.90 Å². The largest absolute Gasteiger partial charge is 0.399 e. The second-order valence-corrected chi connectivity index (χ2v) is 6.24. The highest BCUT2D eigenvalue weighted by Crippen LogP contribution is 2.11. The third-order valence-electron chi connectivity index (χ3n) is 2.88. The lowest BCUT2D eigenvalue weighted by Gasteiger charge is -2.07. The van der Waals surface area contributed by atoms with Crippen molar-refractivity contribution in [1.82, 2.24) is 14.3 Å². The second-order valence-electron chi connectivity index (χ2n) is 4.47. The zero-order chi connectivity index (χ0) is 14.4. The van der Waals surface area contributed by atoms with Crippen molar-refractivity contribution in [2.24, 2.45) is 0 Å². The van der Waals surface area contributed by atoms with Crippen molar-refractivity contribution >= 4 is 15.7 Å². The van der Waals surface area contributed by atoms with E-state index in [0.717, 1.165) is 19.4 Å². The molecule has 3 N–H and O–H groups in total. The highest BCUT2D eigenvalue weighted by Gasteiger charge is 2.12. The van der Waals surface area contributed by atoms with E-state index in [1.54, 1.807) is 24.7 Å². The first kappa shape index (κ1) is 14.5. The van der Waals surface area contributed by atoms with Gasteiger partial charge in [-0.3, -0.25) is 0 Å². The molecule has 0 fully saturated rings. The molecule has 0 saturated heterocycles. The summed E-state index contributed by atoms with van der Waals surface area (Å²) in [5.41, 5.74) is 6.08. The molecule has 1 aromatic carbocycles. The number of sulfonamides is 1. The molecule has 0 radical (unpaired) electrons. The van der Waals surface area contributed by atoms with Gasteiger partial charge >= 0.3 is 0 Å². The van der Waals surface area contributed by atoms with Crippen LogP contribution in [0.3, 0.4) is 0 Å². The van der Waals surface area contributed by atoms with Crippen LogP contribution in [0.2, 0.25) is 0 Å². The number of benzene rings is 1. The Morgan fingerprint density at radius 1 is 1.20 bits per heavy atom. The number of aryl methyl sites for hydroxylation is 1. The van der Waals surface area contributed by atoms with E-state index in [2.05, 4.69) is 9.71 Å². The van der Waals surface area contributed by atoms with Gasteiger partial charge in [0.2, 0.25) is 10.0 Å². The molecule has 0 spiro atoms. The number of hydrogen-bond donors (Lipinski definition) is 2. The third-order valence-corrected chi connectivity index (χ3v) is 4.36. The molecule has 20 heavy (non-hydrogen) atoms. The average Bonchev–Trinajstić information content (AvgIpc) is 2.92. The van der Waals surface area contributed by atoms with Crippen molar-refractivity contribution in [2.45, 2.75) is 24.3 Å². The van der Waals surface area contributed by atoms with Gasteiger partial charge in [0, 0.05) is 31.2 Å². The lowest BCUT2D eigenvalue weighted by molar-refractivity contribution is 0.566. The van der Waals surface area contributed by atoms with Crippen molar-refractivity contribution in [3.63, 3.8) is 0 Å². The molecule has 2 aromatic rings. The van der Waals surface area contributed by atoms with Crippen LogP contribution in [0.25, 0.3) is 0 Å². The molecule has 0 aliphatic carbocycles. The van der Waals surface area contributed by atoms with Gasteiger partial charge in [-0.25, -0.2) is 18.1 Å². The van der Waals surface area contributed by atoms with Crippen LogP contribution in [0.1, 0.15) is 12.8 Å². The predicted octanol–water partition coefficient (Wildman–Crippen LogP) is 1.22. The fraction of sp³-hybridized carbons (Fsp3) is 0.308. The molecular formula is C13H18N4O2S. The van der Waals surface area contributed by atoms with Gasteiger partial charge in [0.15, 0.2) is 0 Å². The molecule has 108 valence electrons. The molecular weight excluding hydrogens is 276 g/mol. The summed E-state index contributed by atoms with van der Waals surface area (Å²) in [5, 5.41) is 0. The van der Waals surface area contributed by atoms with Gasteiger partial charge in [-0.05, 0) is 37.1 Å². The first-order valence-electron chi connectivity index (χ1n) is 6.39. The molecule has 0 aliphatic rings. The number of rotatable bonds is 7. The van der Waals surface area contributed by atoms with E-state index in [1.807, 2.05) is 10.8 Å². The summed E-state index contributed by atoms with van der Waals surface area (Å²) in [5.74, 6) is 0. The van der Waals surface area contributed by atoms with E-state index in [9.17, 15) is 8.42 Å². The average molecular weight is 294 g/mol. The van der Waals surface area contributed by atoms with Crippen molar-refractivity contribution in [1.29, 1.82) is 0 Å². The minimum atomic E-state index is -3.44. The first-order valence-corrected chi connectivity index (χ1v) is 7.87. The second kappa shape index (κ2) is 6.53. The number of nitrogens with two attached hydrogens (primary N) is 1. The molecule has 1 aromatic heterocycles. The molecule has 7 heteroatoms. The zero-order valence-electron chi connectivity index (χ0n) is 11.1. The fourth-order valence-corrected chi connectivity index (χ4v) is 2.85. The summed E-state index contributed by atoms with van der Waals surface area (Å²) in [4.78, 5) is 4.19. The van der Waals surface area contributed by atoms with E-state index >= 15 is 0 Å². The summed E-state index contributed by atoms with van der Waals surface area (Å²) in [7, 11) is -3.44. The molecule has 1 heterocycles. The molecule has 0 aliphatic heterocycles. The fourth-order valence-electron chi connectivity index (χ4n) is 1.78. The van der Waals surface area contributed by atoms with E-state index in [4.69, 9.17) is 5.73 Å². The molecule has 0 saturated carbocycles. The lowest BCUT2D eigenvalue weighted by Crippen LogP contribution is -2.25. The molecule has 0 bridgehead atoms. The molecule has 2 rings (SSSR count). The highest BCUT2D eigenvalue weighted by molar-refractivity contribution is 7.89. The number of nitrogen functional groups attached to an aromatic ring is 1. The number of nitrogens with one attached hydrogen (secondary N) is 1. The Balaban J connectivity index is 1.76. The summed E-state index contributed by atoms with van der Waals surface area (Å²) in [6, 6.07) is 6.16. The van der Waals surface area contributed by atoms with Crippen LogP contribution in [0.4, 0.5) is 5.69 Å². The Kier molecular flexibility index (Phi) is 4.75. The van der Waals surface area contributed by atoms with Gasteiger partial charge in [0.1, 0.15) is 0 Å². The monoisotopic (exact) mass is 294 g/mol. The Hall–Kier alpha value is -1.86. The minimum Gasteiger partial charge on any atom is -0.399 e. The number of nitrogens with zero attached hydrogens (tertiary/aromatic N) is 2. The van der Waals surface area contributed by atoms with Crippen LogP contribution >= 0.6 is 0 Å². The Bertz CT molecular complexity index is 621. The number of unbranched alkanes of at least 4 members (excludes halogenated alkanes) is 1. The standard InChI is InChI=1S/C13H18N4O2S/c14-12-3-5-13(6-4-12)20(18,19)16-7-1-2-9-17-10-8-15-11-17/h3-6,8,10-11,16H,1-2,7,9,14H2. The first-order chi connectivity index (χ1) is 9.58. The minimum absolute atomic E-state index is 0.237. The predicted molar refractivity (Wildman–Crippen MR) is 77.5 cm³/mol. The zero-order valence-corrected chi connectivity index (χ0v) is 11.9. The number of anilines is 1. The smallest absolute Gasteiger partial charge is 0.240 e. The maximum Gasteiger partial charge on any atom is 0.240 e. The Morgan fingerprint density at radius 2 is 1.95 bits per heavy atom. The summed E-state index contributed by atoms with van der Waals surface area (Å²) >= 11 is 0. The molecule has 6 nitrogen and oxygen atoms in total. The quantitative estimate of drug-likeness (QED) is 0.593. The summed E-state index contributed by atoms with van der Waals surface area (Å²) in [6.07, 6.45) is 7.02. The molecule has 0 unspecified atom stereocenters. The van der Waals surface area contributed by atoms with Crippen molar-refractivity contribution < 1.29 is 8.42 Å². The van der Waals surface area contributed by atoms with Gasteiger partial charge in [-0.15, -0.1) is 0 Å². The van der Waals surface area contributed by atoms with E-state index < -0.39 is 10.0 Å². The van der Waals surface area contributed by atoms with Crippen LogP contribution in [0.15, 0.2) is 47.9 Å². The Labute approximate surface area is 118 Å². The van der Waals surface area contributed by atoms with Gasteiger partial charge in [-0.2, -0.15) is 0 Å². The van der Waals surface area contributed by atoms with Gasteiger partial charge < -0.3 is 10.3 Å². The number of aromatic nitrogens is 2. The normalized spacial score (nSPS) is 11.6. The van der Waals surface area contributed by atoms with Gasteiger partial charge in [0.05, 0.1) is 11.2 Å².